The van der Waals surface area contributed by atoms with Crippen molar-refractivity contribution in [2.75, 3.05) is 56.9 Å². The van der Waals surface area contributed by atoms with Crippen LogP contribution in [0.4, 0.5) is 11.4 Å². The first-order valence-electron chi connectivity index (χ1n) is 18.1. The van der Waals surface area contributed by atoms with E-state index in [-0.39, 0.29) is 57.1 Å². The van der Waals surface area contributed by atoms with E-state index in [1.807, 2.05) is 24.3 Å². The van der Waals surface area contributed by atoms with E-state index in [0.29, 0.717) is 90.7 Å². The molecule has 5 amide bonds. The Morgan fingerprint density at radius 3 is 1.42 bits per heavy atom. The molecule has 0 saturated carbocycles. The van der Waals surface area contributed by atoms with Gasteiger partial charge >= 0.3 is 0 Å². The molecule has 0 heterocycles. The standard InChI is InChI=1S/C35H59N9O8S/c1-27(40-29-13-15-30(16-14-29)41-35(53)36-3)37-21-7-4-11-25-43(51)33(48)19-18-32(47)39-23-9-6-12-26-44(52)34(49)20-17-31(46)38-22-8-5-10-24-42(50)28(2)45/h13-16,37,40,50-52H,1,4-12,17-26H2,2-3H3,(H,38,46)(H,39,47)(H2,36,41,53). The Morgan fingerprint density at radius 1 is 0.604 bits per heavy atom. The van der Waals surface area contributed by atoms with Crippen LogP contribution in [0.1, 0.15) is 90.4 Å². The van der Waals surface area contributed by atoms with Gasteiger partial charge in [-0.2, -0.15) is 0 Å². The third-order valence-electron chi connectivity index (χ3n) is 7.86. The number of rotatable bonds is 28. The zero-order chi connectivity index (χ0) is 39.4. The molecule has 0 saturated heterocycles. The molecule has 17 nitrogen and oxygen atoms in total. The molecule has 0 fully saturated rings. The number of amides is 5. The SMILES string of the molecule is C=C(NCCCCCN(O)C(=O)CCC(=O)NCCCCCN(O)C(=O)CCC(=O)NCCCCCN(O)C(C)=O)Nc1ccc(NC(=S)NC)cc1. The minimum absolute atomic E-state index is 0.0480. The Hall–Kier alpha value is -4.52. The third kappa shape index (κ3) is 23.6. The van der Waals surface area contributed by atoms with Crippen LogP contribution < -0.4 is 31.9 Å². The van der Waals surface area contributed by atoms with Crippen LogP contribution in [0.25, 0.3) is 0 Å². The number of nitrogens with zero attached hydrogens (tertiary/aromatic N) is 3. The molecule has 0 unspecified atom stereocenters. The molecule has 1 aromatic rings. The quantitative estimate of drug-likeness (QED) is 0.0259. The van der Waals surface area contributed by atoms with Crippen LogP contribution in [0.15, 0.2) is 36.7 Å². The number of hydroxylamine groups is 6. The highest BCUT2D eigenvalue weighted by Gasteiger charge is 2.14. The van der Waals surface area contributed by atoms with Crippen LogP contribution in [-0.2, 0) is 24.0 Å². The number of unbranched alkanes of at least 4 members (excludes halogenated alkanes) is 6. The molecule has 0 aliphatic heterocycles. The smallest absolute Gasteiger partial charge is 0.246 e. The van der Waals surface area contributed by atoms with Gasteiger partial charge in [-0.05, 0) is 94.3 Å². The molecule has 0 spiro atoms. The molecule has 1 aromatic carbocycles. The normalized spacial score (nSPS) is 10.4. The number of nitrogens with one attached hydrogen (secondary N) is 6. The van der Waals surface area contributed by atoms with Crippen LogP contribution in [-0.4, -0.2) is 112 Å². The summed E-state index contributed by atoms with van der Waals surface area (Å²) in [6, 6.07) is 7.60. The van der Waals surface area contributed by atoms with Crippen LogP contribution >= 0.6 is 12.2 Å². The second kappa shape index (κ2) is 28.0. The van der Waals surface area contributed by atoms with Gasteiger partial charge in [0.2, 0.25) is 29.5 Å². The summed E-state index contributed by atoms with van der Waals surface area (Å²) in [4.78, 5) is 59.3. The monoisotopic (exact) mass is 765 g/mol. The number of benzene rings is 1. The second-order valence-electron chi connectivity index (χ2n) is 12.4. The van der Waals surface area contributed by atoms with Gasteiger partial charge in [-0.1, -0.05) is 6.58 Å². The average Bonchev–Trinajstić information content (AvgIpc) is 3.13. The maximum absolute atomic E-state index is 12.2. The minimum atomic E-state index is -0.557. The summed E-state index contributed by atoms with van der Waals surface area (Å²) in [6.45, 7) is 7.19. The zero-order valence-corrected chi connectivity index (χ0v) is 31.9. The van der Waals surface area contributed by atoms with Crippen molar-refractivity contribution in [3.63, 3.8) is 0 Å². The van der Waals surface area contributed by atoms with Gasteiger partial charge in [-0.25, -0.2) is 15.2 Å². The largest absolute Gasteiger partial charge is 0.372 e. The van der Waals surface area contributed by atoms with Crippen molar-refractivity contribution in [1.29, 1.82) is 0 Å². The molecular weight excluding hydrogens is 707 g/mol. The van der Waals surface area contributed by atoms with E-state index in [2.05, 4.69) is 38.5 Å². The van der Waals surface area contributed by atoms with Gasteiger partial charge in [0, 0.05) is 90.3 Å². The van der Waals surface area contributed by atoms with Gasteiger partial charge in [-0.3, -0.25) is 39.6 Å². The zero-order valence-electron chi connectivity index (χ0n) is 31.1. The average molecular weight is 766 g/mol. The van der Waals surface area contributed by atoms with Crippen LogP contribution in [0.5, 0.6) is 0 Å². The van der Waals surface area contributed by atoms with Gasteiger partial charge < -0.3 is 31.9 Å². The molecule has 0 aliphatic rings. The summed E-state index contributed by atoms with van der Waals surface area (Å²) < 4.78 is 0. The van der Waals surface area contributed by atoms with Gasteiger partial charge in [0.1, 0.15) is 0 Å². The number of anilines is 2. The van der Waals surface area contributed by atoms with Crippen molar-refractivity contribution < 1.29 is 39.6 Å². The molecular formula is C35H59N9O8S. The number of thiocarbonyl (C=S) groups is 1. The summed E-state index contributed by atoms with van der Waals surface area (Å²) >= 11 is 5.09. The van der Waals surface area contributed by atoms with Crippen molar-refractivity contribution in [2.45, 2.75) is 90.4 Å². The fourth-order valence-electron chi connectivity index (χ4n) is 4.72. The van der Waals surface area contributed by atoms with Gasteiger partial charge in [0.15, 0.2) is 5.11 Å². The lowest BCUT2D eigenvalue weighted by atomic mass is 10.2. The predicted octanol–water partition coefficient (Wildman–Crippen LogP) is 3.05. The maximum atomic E-state index is 12.2. The highest BCUT2D eigenvalue weighted by molar-refractivity contribution is 7.80. The van der Waals surface area contributed by atoms with E-state index in [9.17, 15) is 39.6 Å². The van der Waals surface area contributed by atoms with Gasteiger partial charge in [0.05, 0.1) is 5.82 Å². The third-order valence-corrected chi connectivity index (χ3v) is 8.17. The molecule has 0 radical (unpaired) electrons. The summed E-state index contributed by atoms with van der Waals surface area (Å²) in [5.41, 5.74) is 1.74. The van der Waals surface area contributed by atoms with E-state index >= 15 is 0 Å². The number of hydrogen-bond acceptors (Lipinski definition) is 11. The van der Waals surface area contributed by atoms with E-state index < -0.39 is 17.7 Å². The number of hydrogen-bond donors (Lipinski definition) is 9. The van der Waals surface area contributed by atoms with Crippen molar-refractivity contribution in [1.82, 2.24) is 36.5 Å². The molecule has 1 rings (SSSR count). The first kappa shape index (κ1) is 46.5. The van der Waals surface area contributed by atoms with Gasteiger partial charge in [0.25, 0.3) is 0 Å². The highest BCUT2D eigenvalue weighted by Crippen LogP contribution is 2.14. The number of carbonyl (C=O) groups is 5. The van der Waals surface area contributed by atoms with E-state index in [1.165, 1.54) is 6.92 Å². The summed E-state index contributed by atoms with van der Waals surface area (Å²) in [6.07, 6.45) is 5.56. The maximum Gasteiger partial charge on any atom is 0.246 e. The molecule has 0 atom stereocenters. The fraction of sp³-hybridized carbons (Fsp3) is 0.600. The molecule has 53 heavy (non-hydrogen) atoms. The highest BCUT2D eigenvalue weighted by atomic mass is 32.1. The minimum Gasteiger partial charge on any atom is -0.372 e. The Bertz CT molecular complexity index is 1300. The second-order valence-corrected chi connectivity index (χ2v) is 12.8. The first-order chi connectivity index (χ1) is 25.3. The van der Waals surface area contributed by atoms with E-state index in [1.54, 1.807) is 7.05 Å². The van der Waals surface area contributed by atoms with Crippen LogP contribution in [0.2, 0.25) is 0 Å². The summed E-state index contributed by atoms with van der Waals surface area (Å²) in [5.74, 6) is -1.46. The lowest BCUT2D eigenvalue weighted by Crippen LogP contribution is -2.31. The van der Waals surface area contributed by atoms with E-state index in [4.69, 9.17) is 12.2 Å². The van der Waals surface area contributed by atoms with E-state index in [0.717, 1.165) is 24.2 Å². The summed E-state index contributed by atoms with van der Waals surface area (Å²) in [5, 5.41) is 49.4. The predicted molar refractivity (Wildman–Crippen MR) is 205 cm³/mol. The van der Waals surface area contributed by atoms with Crippen molar-refractivity contribution in [3.8, 4) is 0 Å². The lowest BCUT2D eigenvalue weighted by molar-refractivity contribution is -0.166. The topological polar surface area (TPSA) is 228 Å². The van der Waals surface area contributed by atoms with Crippen LogP contribution in [0.3, 0.4) is 0 Å². The fourth-order valence-corrected chi connectivity index (χ4v) is 4.83. The first-order valence-corrected chi connectivity index (χ1v) is 18.5. The Balaban J connectivity index is 2.02. The molecule has 0 bridgehead atoms. The molecule has 18 heteroatoms. The molecule has 298 valence electrons. The summed E-state index contributed by atoms with van der Waals surface area (Å²) in [7, 11) is 1.75. The Labute approximate surface area is 317 Å². The Morgan fingerprint density at radius 2 is 1.00 bits per heavy atom. The van der Waals surface area contributed by atoms with Crippen LogP contribution in [0, 0.1) is 0 Å². The molecule has 0 aromatic heterocycles. The van der Waals surface area contributed by atoms with Crippen molar-refractivity contribution in [3.05, 3.63) is 36.7 Å². The van der Waals surface area contributed by atoms with Gasteiger partial charge in [-0.15, -0.1) is 0 Å². The number of carbonyl (C=O) groups excluding carboxylic acids is 5. The van der Waals surface area contributed by atoms with Crippen molar-refractivity contribution >= 4 is 58.2 Å². The molecule has 9 N–H and O–H groups in total. The van der Waals surface area contributed by atoms with Crippen molar-refractivity contribution in [2.24, 2.45) is 0 Å². The lowest BCUT2D eigenvalue weighted by Gasteiger charge is -2.16. The Kier molecular flexibility index (Phi) is 24.6. The molecule has 0 aliphatic carbocycles.